The van der Waals surface area contributed by atoms with Crippen molar-refractivity contribution < 1.29 is 14.3 Å². The monoisotopic (exact) mass is 424 g/mol. The molecule has 0 aliphatic carbocycles. The Morgan fingerprint density at radius 1 is 1.06 bits per heavy atom. The molecule has 0 saturated carbocycles. The van der Waals surface area contributed by atoms with Gasteiger partial charge in [0, 0.05) is 29.1 Å². The quantitative estimate of drug-likeness (QED) is 0.441. The Morgan fingerprint density at radius 2 is 1.88 bits per heavy atom. The third-order valence-electron chi connectivity index (χ3n) is 5.97. The number of carbonyl (C=O) groups is 2. The number of aromatic nitrogens is 1. The first-order valence-electron chi connectivity index (χ1n) is 10.8. The lowest BCUT2D eigenvalue weighted by atomic mass is 9.95. The van der Waals surface area contributed by atoms with E-state index in [1.165, 1.54) is 0 Å². The maximum absolute atomic E-state index is 12.5. The SMILES string of the molecule is CC(=O)c1ccccc1-c1ccc2c(c1)CC(CNC(=O)Cc1c[nH]c3ccccc13)O2. The van der Waals surface area contributed by atoms with E-state index < -0.39 is 0 Å². The van der Waals surface area contributed by atoms with E-state index in [1.807, 2.05) is 66.9 Å². The van der Waals surface area contributed by atoms with Gasteiger partial charge in [-0.2, -0.15) is 0 Å². The van der Waals surface area contributed by atoms with Gasteiger partial charge in [-0.25, -0.2) is 0 Å². The zero-order chi connectivity index (χ0) is 22.1. The molecule has 5 heteroatoms. The van der Waals surface area contributed by atoms with Crippen LogP contribution in [0.3, 0.4) is 0 Å². The van der Waals surface area contributed by atoms with Crippen molar-refractivity contribution in [1.82, 2.24) is 10.3 Å². The highest BCUT2D eigenvalue weighted by Gasteiger charge is 2.24. The Hall–Kier alpha value is -3.86. The summed E-state index contributed by atoms with van der Waals surface area (Å²) in [5.41, 5.74) is 5.76. The predicted octanol–water partition coefficient (Wildman–Crippen LogP) is 4.70. The Labute approximate surface area is 186 Å². The van der Waals surface area contributed by atoms with Gasteiger partial charge in [0.05, 0.1) is 13.0 Å². The van der Waals surface area contributed by atoms with Crippen molar-refractivity contribution in [3.63, 3.8) is 0 Å². The van der Waals surface area contributed by atoms with Gasteiger partial charge in [0.1, 0.15) is 11.9 Å². The van der Waals surface area contributed by atoms with Crippen molar-refractivity contribution >= 4 is 22.6 Å². The zero-order valence-electron chi connectivity index (χ0n) is 17.9. The Bertz CT molecular complexity index is 1320. The number of carbonyl (C=O) groups excluding carboxylic acids is 2. The summed E-state index contributed by atoms with van der Waals surface area (Å²) < 4.78 is 6.04. The van der Waals surface area contributed by atoms with Gasteiger partial charge in [-0.15, -0.1) is 0 Å². The Kier molecular flexibility index (Phi) is 5.23. The molecule has 1 aliphatic rings. The molecular weight excluding hydrogens is 400 g/mol. The number of nitrogens with one attached hydrogen (secondary N) is 2. The van der Waals surface area contributed by atoms with Gasteiger partial charge in [0.25, 0.3) is 0 Å². The number of H-pyrrole nitrogens is 1. The van der Waals surface area contributed by atoms with Crippen LogP contribution < -0.4 is 10.1 Å². The summed E-state index contributed by atoms with van der Waals surface area (Å²) in [7, 11) is 0. The van der Waals surface area contributed by atoms with Crippen molar-refractivity contribution in [1.29, 1.82) is 0 Å². The Balaban J connectivity index is 1.23. The van der Waals surface area contributed by atoms with Crippen LogP contribution in [0.25, 0.3) is 22.0 Å². The van der Waals surface area contributed by atoms with Crippen LogP contribution in [0.15, 0.2) is 72.9 Å². The van der Waals surface area contributed by atoms with E-state index in [2.05, 4.69) is 16.4 Å². The molecule has 1 unspecified atom stereocenters. The molecule has 1 atom stereocenters. The van der Waals surface area contributed by atoms with E-state index in [9.17, 15) is 9.59 Å². The normalized spacial score (nSPS) is 14.7. The minimum atomic E-state index is -0.102. The standard InChI is InChI=1S/C27H24N2O3/c1-17(30)22-6-2-3-7-23(22)18-10-11-26-19(12-18)13-21(32-26)16-29-27(31)14-20-15-28-25-9-5-4-8-24(20)25/h2-12,15,21,28H,13-14,16H2,1H3,(H,29,31). The number of Topliss-reactive ketones (excluding diaryl/α,β-unsaturated/α-hetero) is 1. The molecule has 1 aromatic heterocycles. The highest BCUT2D eigenvalue weighted by Crippen LogP contribution is 2.34. The van der Waals surface area contributed by atoms with Crippen LogP contribution in [0.1, 0.15) is 28.4 Å². The fourth-order valence-corrected chi connectivity index (χ4v) is 4.38. The number of aromatic amines is 1. The van der Waals surface area contributed by atoms with E-state index in [0.717, 1.165) is 45.3 Å². The molecule has 0 spiro atoms. The lowest BCUT2D eigenvalue weighted by Crippen LogP contribution is -2.35. The topological polar surface area (TPSA) is 71.2 Å². The lowest BCUT2D eigenvalue weighted by molar-refractivity contribution is -0.120. The van der Waals surface area contributed by atoms with Gasteiger partial charge >= 0.3 is 0 Å². The third kappa shape index (κ3) is 3.89. The molecule has 1 aliphatic heterocycles. The summed E-state index contributed by atoms with van der Waals surface area (Å²) in [6.07, 6.45) is 2.84. The van der Waals surface area contributed by atoms with Gasteiger partial charge in [0.15, 0.2) is 5.78 Å². The molecule has 5 nitrogen and oxygen atoms in total. The predicted molar refractivity (Wildman–Crippen MR) is 125 cm³/mol. The number of para-hydroxylation sites is 1. The fourth-order valence-electron chi connectivity index (χ4n) is 4.38. The molecule has 160 valence electrons. The molecule has 2 heterocycles. The van der Waals surface area contributed by atoms with Crippen molar-refractivity contribution in [3.8, 4) is 16.9 Å². The number of rotatable bonds is 6. The molecular formula is C27H24N2O3. The van der Waals surface area contributed by atoms with Crippen molar-refractivity contribution in [2.75, 3.05) is 6.54 Å². The van der Waals surface area contributed by atoms with Crippen LogP contribution in [0, 0.1) is 0 Å². The van der Waals surface area contributed by atoms with E-state index in [-0.39, 0.29) is 17.8 Å². The van der Waals surface area contributed by atoms with Gasteiger partial charge in [-0.3, -0.25) is 9.59 Å². The summed E-state index contributed by atoms with van der Waals surface area (Å²) in [6, 6.07) is 21.6. The number of benzene rings is 3. The second-order valence-corrected chi connectivity index (χ2v) is 8.21. The van der Waals surface area contributed by atoms with Crippen LogP contribution in [-0.2, 0) is 17.6 Å². The number of ether oxygens (including phenoxy) is 1. The summed E-state index contributed by atoms with van der Waals surface area (Å²) in [5, 5.41) is 4.08. The second kappa shape index (κ2) is 8.35. The fraction of sp³-hybridized carbons (Fsp3) is 0.185. The van der Waals surface area contributed by atoms with Crippen LogP contribution in [0.4, 0.5) is 0 Å². The van der Waals surface area contributed by atoms with Gasteiger partial charge in [-0.1, -0.05) is 48.5 Å². The lowest BCUT2D eigenvalue weighted by Gasteiger charge is -2.12. The van der Waals surface area contributed by atoms with Crippen LogP contribution in [0.2, 0.25) is 0 Å². The minimum Gasteiger partial charge on any atom is -0.488 e. The number of hydrogen-bond donors (Lipinski definition) is 2. The average Bonchev–Trinajstić information content (AvgIpc) is 3.41. The minimum absolute atomic E-state index is 0.0228. The number of ketones is 1. The van der Waals surface area contributed by atoms with Gasteiger partial charge in [-0.05, 0) is 47.4 Å². The molecule has 3 aromatic carbocycles. The molecule has 5 rings (SSSR count). The van der Waals surface area contributed by atoms with E-state index in [0.29, 0.717) is 18.5 Å². The van der Waals surface area contributed by atoms with Crippen LogP contribution >= 0.6 is 0 Å². The number of hydrogen-bond acceptors (Lipinski definition) is 3. The summed E-state index contributed by atoms with van der Waals surface area (Å²) in [6.45, 7) is 2.04. The second-order valence-electron chi connectivity index (χ2n) is 8.21. The first kappa shape index (κ1) is 20.1. The van der Waals surface area contributed by atoms with Crippen molar-refractivity contribution in [2.45, 2.75) is 25.9 Å². The third-order valence-corrected chi connectivity index (χ3v) is 5.97. The summed E-state index contributed by atoms with van der Waals surface area (Å²) in [4.78, 5) is 27.7. The van der Waals surface area contributed by atoms with Crippen LogP contribution in [-0.4, -0.2) is 29.3 Å². The highest BCUT2D eigenvalue weighted by atomic mass is 16.5. The average molecular weight is 425 g/mol. The molecule has 0 fully saturated rings. The first-order chi connectivity index (χ1) is 15.6. The highest BCUT2D eigenvalue weighted by molar-refractivity contribution is 6.00. The first-order valence-corrected chi connectivity index (χ1v) is 10.8. The molecule has 0 bridgehead atoms. The summed E-state index contributed by atoms with van der Waals surface area (Å²) in [5.74, 6) is 0.864. The van der Waals surface area contributed by atoms with Crippen LogP contribution in [0.5, 0.6) is 5.75 Å². The molecule has 0 saturated heterocycles. The van der Waals surface area contributed by atoms with Gasteiger partial charge in [0.2, 0.25) is 5.91 Å². The molecule has 32 heavy (non-hydrogen) atoms. The number of amides is 1. The van der Waals surface area contributed by atoms with E-state index >= 15 is 0 Å². The Morgan fingerprint density at radius 3 is 2.75 bits per heavy atom. The van der Waals surface area contributed by atoms with Crippen molar-refractivity contribution in [3.05, 3.63) is 89.6 Å². The maximum atomic E-state index is 12.5. The molecule has 0 radical (unpaired) electrons. The summed E-state index contributed by atoms with van der Waals surface area (Å²) >= 11 is 0. The van der Waals surface area contributed by atoms with Crippen molar-refractivity contribution in [2.24, 2.45) is 0 Å². The smallest absolute Gasteiger partial charge is 0.224 e. The largest absolute Gasteiger partial charge is 0.488 e. The van der Waals surface area contributed by atoms with Gasteiger partial charge < -0.3 is 15.0 Å². The molecule has 2 N–H and O–H groups in total. The number of fused-ring (bicyclic) bond motifs is 2. The maximum Gasteiger partial charge on any atom is 0.224 e. The molecule has 4 aromatic rings. The molecule has 1 amide bonds. The van der Waals surface area contributed by atoms with E-state index in [1.54, 1.807) is 6.92 Å². The van der Waals surface area contributed by atoms with E-state index in [4.69, 9.17) is 4.74 Å². The zero-order valence-corrected chi connectivity index (χ0v) is 17.9.